The van der Waals surface area contributed by atoms with Gasteiger partial charge in [0.2, 0.25) is 0 Å². The number of sulfonamides is 1. The fraction of sp³-hybridized carbons (Fsp3) is 0.217. The van der Waals surface area contributed by atoms with E-state index in [0.717, 1.165) is 31.4 Å². The van der Waals surface area contributed by atoms with Crippen LogP contribution in [0.2, 0.25) is 0 Å². The molecule has 0 atom stereocenters. The number of hydrogen-bond donors (Lipinski definition) is 1. The first-order valence-corrected chi connectivity index (χ1v) is 12.0. The Bertz CT molecular complexity index is 1190. The molecule has 0 aliphatic rings. The molecule has 0 bridgehead atoms. The predicted molar refractivity (Wildman–Crippen MR) is 126 cm³/mol. The zero-order chi connectivity index (χ0) is 22.6. The van der Waals surface area contributed by atoms with Crippen LogP contribution in [0.25, 0.3) is 0 Å². The summed E-state index contributed by atoms with van der Waals surface area (Å²) in [6, 6.07) is 14.0. The summed E-state index contributed by atoms with van der Waals surface area (Å²) in [5.74, 6) is -0.527. The van der Waals surface area contributed by atoms with Crippen LogP contribution in [0.4, 0.5) is 5.69 Å². The number of carbonyl (C=O) groups is 1. The van der Waals surface area contributed by atoms with Crippen molar-refractivity contribution in [3.8, 4) is 0 Å². The van der Waals surface area contributed by atoms with Gasteiger partial charge in [-0.3, -0.25) is 9.10 Å². The normalized spacial score (nSPS) is 11.6. The Morgan fingerprint density at radius 2 is 1.65 bits per heavy atom. The molecule has 0 saturated heterocycles. The van der Waals surface area contributed by atoms with Gasteiger partial charge in [-0.15, -0.1) is 11.3 Å². The zero-order valence-electron chi connectivity index (χ0n) is 17.9. The van der Waals surface area contributed by atoms with Crippen molar-refractivity contribution in [1.82, 2.24) is 5.43 Å². The van der Waals surface area contributed by atoms with Crippen LogP contribution in [0, 0.1) is 27.7 Å². The number of nitrogens with one attached hydrogen (secondary N) is 1. The lowest BCUT2D eigenvalue weighted by atomic mass is 10.1. The molecule has 162 valence electrons. The summed E-state index contributed by atoms with van der Waals surface area (Å²) in [6.45, 7) is 7.23. The van der Waals surface area contributed by atoms with Crippen molar-refractivity contribution in [2.45, 2.75) is 32.6 Å². The molecule has 6 nitrogen and oxygen atoms in total. The van der Waals surface area contributed by atoms with Gasteiger partial charge in [0.1, 0.15) is 6.54 Å². The minimum atomic E-state index is -3.95. The summed E-state index contributed by atoms with van der Waals surface area (Å²) in [5.41, 5.74) is 6.70. The lowest BCUT2D eigenvalue weighted by molar-refractivity contribution is -0.119. The maximum atomic E-state index is 13.4. The Labute approximate surface area is 187 Å². The van der Waals surface area contributed by atoms with Crippen LogP contribution in [0.1, 0.15) is 27.1 Å². The largest absolute Gasteiger partial charge is 0.271 e. The van der Waals surface area contributed by atoms with E-state index in [0.29, 0.717) is 5.69 Å². The summed E-state index contributed by atoms with van der Waals surface area (Å²) in [7, 11) is -3.95. The third-order valence-corrected chi connectivity index (χ3v) is 7.40. The summed E-state index contributed by atoms with van der Waals surface area (Å²) < 4.78 is 28.0. The minimum absolute atomic E-state index is 0.128. The van der Waals surface area contributed by atoms with E-state index in [9.17, 15) is 13.2 Å². The summed E-state index contributed by atoms with van der Waals surface area (Å²) in [5, 5.41) is 5.93. The van der Waals surface area contributed by atoms with Crippen LogP contribution < -0.4 is 9.73 Å². The van der Waals surface area contributed by atoms with Gasteiger partial charge in [0.15, 0.2) is 0 Å². The molecule has 3 aromatic rings. The number of carbonyl (C=O) groups excluding carboxylic acids is 1. The monoisotopic (exact) mass is 455 g/mol. The molecular formula is C23H25N3O3S2. The molecule has 0 spiro atoms. The van der Waals surface area contributed by atoms with E-state index in [-0.39, 0.29) is 11.4 Å². The molecule has 1 aromatic heterocycles. The van der Waals surface area contributed by atoms with Crippen molar-refractivity contribution in [2.24, 2.45) is 5.10 Å². The number of aryl methyl sites for hydroxylation is 4. The minimum Gasteiger partial charge on any atom is -0.271 e. The zero-order valence-corrected chi connectivity index (χ0v) is 19.5. The quantitative estimate of drug-likeness (QED) is 0.425. The number of amides is 1. The average molecular weight is 456 g/mol. The number of hydrogen-bond acceptors (Lipinski definition) is 5. The fourth-order valence-electron chi connectivity index (χ4n) is 3.09. The second-order valence-corrected chi connectivity index (χ2v) is 10.2. The number of hydrazone groups is 1. The molecule has 0 saturated carbocycles. The number of benzene rings is 2. The van der Waals surface area contributed by atoms with Gasteiger partial charge in [-0.2, -0.15) is 5.10 Å². The van der Waals surface area contributed by atoms with Gasteiger partial charge in [-0.05, 0) is 80.1 Å². The summed E-state index contributed by atoms with van der Waals surface area (Å²) in [6.07, 6.45) is 1.56. The highest BCUT2D eigenvalue weighted by atomic mass is 32.2. The topological polar surface area (TPSA) is 78.8 Å². The van der Waals surface area contributed by atoms with Crippen molar-refractivity contribution in [3.05, 3.63) is 81.0 Å². The van der Waals surface area contributed by atoms with Crippen LogP contribution >= 0.6 is 11.3 Å². The Morgan fingerprint density at radius 3 is 2.23 bits per heavy atom. The van der Waals surface area contributed by atoms with Crippen molar-refractivity contribution in [1.29, 1.82) is 0 Å². The Balaban J connectivity index is 1.90. The molecule has 2 aromatic carbocycles. The highest BCUT2D eigenvalue weighted by molar-refractivity contribution is 7.92. The maximum Gasteiger partial charge on any atom is 0.264 e. The Hall–Kier alpha value is -2.97. The fourth-order valence-corrected chi connectivity index (χ4v) is 5.28. The smallest absolute Gasteiger partial charge is 0.264 e. The predicted octanol–water partition coefficient (Wildman–Crippen LogP) is 4.33. The van der Waals surface area contributed by atoms with Crippen LogP contribution in [0.15, 0.2) is 63.9 Å². The van der Waals surface area contributed by atoms with Crippen LogP contribution in [-0.4, -0.2) is 27.1 Å². The molecule has 0 radical (unpaired) electrons. The van der Waals surface area contributed by atoms with Crippen molar-refractivity contribution < 1.29 is 13.2 Å². The molecule has 0 aliphatic heterocycles. The van der Waals surface area contributed by atoms with Crippen molar-refractivity contribution >= 4 is 39.2 Å². The number of nitrogens with zero attached hydrogens (tertiary/aromatic N) is 2. The third-order valence-electron chi connectivity index (χ3n) is 4.66. The first-order chi connectivity index (χ1) is 14.7. The second-order valence-electron chi connectivity index (χ2n) is 7.43. The van der Waals surface area contributed by atoms with E-state index in [4.69, 9.17) is 0 Å². The second kappa shape index (κ2) is 9.45. The van der Waals surface area contributed by atoms with E-state index < -0.39 is 15.9 Å². The molecule has 8 heteroatoms. The Morgan fingerprint density at radius 1 is 1.00 bits per heavy atom. The van der Waals surface area contributed by atoms with Gasteiger partial charge in [0, 0.05) is 4.88 Å². The molecule has 31 heavy (non-hydrogen) atoms. The average Bonchev–Trinajstić information content (AvgIpc) is 3.10. The van der Waals surface area contributed by atoms with E-state index in [2.05, 4.69) is 10.5 Å². The van der Waals surface area contributed by atoms with Crippen LogP contribution in [0.3, 0.4) is 0 Å². The van der Waals surface area contributed by atoms with E-state index >= 15 is 0 Å². The first-order valence-electron chi connectivity index (χ1n) is 9.70. The lowest BCUT2D eigenvalue weighted by Gasteiger charge is -2.24. The van der Waals surface area contributed by atoms with Gasteiger partial charge in [0.25, 0.3) is 15.9 Å². The van der Waals surface area contributed by atoms with E-state index in [1.54, 1.807) is 42.6 Å². The first kappa shape index (κ1) is 22.7. The standard InChI is InChI=1S/C23H25N3O3S2/c1-16-5-7-21(8-6-16)31(28,29)26(20-12-17(2)11-18(3)13-20)15-23(27)25-24-14-22-19(4)9-10-30-22/h5-14H,15H2,1-4H3,(H,25,27)/b24-14-. The Kier molecular flexibility index (Phi) is 6.92. The molecule has 0 unspecified atom stereocenters. The van der Waals surface area contributed by atoms with E-state index in [1.807, 2.05) is 45.2 Å². The molecular weight excluding hydrogens is 430 g/mol. The lowest BCUT2D eigenvalue weighted by Crippen LogP contribution is -2.39. The van der Waals surface area contributed by atoms with Gasteiger partial charge in [-0.1, -0.05) is 23.8 Å². The van der Waals surface area contributed by atoms with E-state index in [1.165, 1.54) is 11.3 Å². The van der Waals surface area contributed by atoms with Crippen LogP contribution in [0.5, 0.6) is 0 Å². The van der Waals surface area contributed by atoms with Gasteiger partial charge < -0.3 is 0 Å². The number of thiophene rings is 1. The maximum absolute atomic E-state index is 13.4. The molecule has 1 N–H and O–H groups in total. The molecule has 0 aliphatic carbocycles. The van der Waals surface area contributed by atoms with Gasteiger partial charge >= 0.3 is 0 Å². The van der Waals surface area contributed by atoms with Crippen LogP contribution in [-0.2, 0) is 14.8 Å². The summed E-state index contributed by atoms with van der Waals surface area (Å²) >= 11 is 1.51. The number of rotatable bonds is 7. The molecule has 0 fully saturated rings. The molecule has 3 rings (SSSR count). The molecule has 1 heterocycles. The molecule has 1 amide bonds. The number of anilines is 1. The SMILES string of the molecule is Cc1ccc(S(=O)(=O)N(CC(=O)N/N=C\c2sccc2C)c2cc(C)cc(C)c2)cc1. The highest BCUT2D eigenvalue weighted by Gasteiger charge is 2.27. The summed E-state index contributed by atoms with van der Waals surface area (Å²) in [4.78, 5) is 13.7. The van der Waals surface area contributed by atoms with Crippen molar-refractivity contribution in [3.63, 3.8) is 0 Å². The van der Waals surface area contributed by atoms with Gasteiger partial charge in [-0.25, -0.2) is 13.8 Å². The van der Waals surface area contributed by atoms with Crippen molar-refractivity contribution in [2.75, 3.05) is 10.8 Å². The third kappa shape index (κ3) is 5.59. The van der Waals surface area contributed by atoms with Gasteiger partial charge in [0.05, 0.1) is 16.8 Å². The highest BCUT2D eigenvalue weighted by Crippen LogP contribution is 2.26.